The summed E-state index contributed by atoms with van der Waals surface area (Å²) >= 11 is 2.32. The molecule has 4 nitrogen and oxygen atoms in total. The van der Waals surface area contributed by atoms with Gasteiger partial charge in [0.15, 0.2) is 0 Å². The van der Waals surface area contributed by atoms with Crippen LogP contribution in [0.3, 0.4) is 0 Å². The molecule has 0 aliphatic heterocycles. The molecule has 0 radical (unpaired) electrons. The van der Waals surface area contributed by atoms with Crippen LogP contribution in [0.1, 0.15) is 57.1 Å². The lowest BCUT2D eigenvalue weighted by Gasteiger charge is -2.39. The minimum absolute atomic E-state index is 0.108. The zero-order valence-corrected chi connectivity index (χ0v) is 16.7. The zero-order valence-electron chi connectivity index (χ0n) is 14.6. The van der Waals surface area contributed by atoms with Crippen LogP contribution < -0.4 is 0 Å². The molecule has 1 fully saturated rings. The number of carboxylic acid groups (broad SMARTS) is 1. The van der Waals surface area contributed by atoms with Crippen LogP contribution in [0.25, 0.3) is 0 Å². The number of carbonyl (C=O) groups is 1. The van der Waals surface area contributed by atoms with Gasteiger partial charge >= 0.3 is 6.09 Å². The third-order valence-corrected chi connectivity index (χ3v) is 5.85. The maximum absolute atomic E-state index is 12.2. The molecule has 0 heterocycles. The van der Waals surface area contributed by atoms with E-state index in [1.165, 1.54) is 6.42 Å². The highest BCUT2D eigenvalue weighted by molar-refractivity contribution is 14.1. The molecular formula is C19H28INO3. The lowest BCUT2D eigenvalue weighted by Crippen LogP contribution is -2.44. The molecule has 2 rings (SSSR count). The van der Waals surface area contributed by atoms with Crippen LogP contribution in [-0.2, 0) is 4.74 Å². The van der Waals surface area contributed by atoms with E-state index in [9.17, 15) is 9.90 Å². The molecule has 1 aromatic rings. The molecule has 0 unspecified atom stereocenters. The van der Waals surface area contributed by atoms with Crippen LogP contribution in [0.15, 0.2) is 24.3 Å². The standard InChI is InChI=1S/C19H28INO3/c1-14(13-24-2)12-18(16-10-6-7-11-17(16)20)21(19(22)23)15-8-4-3-5-9-15/h6-7,10-11,14-15,18H,3-5,8-9,12-13H2,1-2H3,(H,22,23)/t14-,18-/m0/s1. The van der Waals surface area contributed by atoms with Crippen LogP contribution in [-0.4, -0.2) is 35.9 Å². The van der Waals surface area contributed by atoms with E-state index in [0.717, 1.165) is 41.2 Å². The number of hydrogen-bond acceptors (Lipinski definition) is 2. The molecule has 1 aliphatic rings. The summed E-state index contributed by atoms with van der Waals surface area (Å²) in [7, 11) is 1.70. The fraction of sp³-hybridized carbons (Fsp3) is 0.632. The average Bonchev–Trinajstić information content (AvgIpc) is 2.56. The molecule has 2 atom stereocenters. The highest BCUT2D eigenvalue weighted by Crippen LogP contribution is 2.36. The van der Waals surface area contributed by atoms with E-state index >= 15 is 0 Å². The van der Waals surface area contributed by atoms with E-state index < -0.39 is 6.09 Å². The summed E-state index contributed by atoms with van der Waals surface area (Å²) in [5, 5.41) is 9.98. The van der Waals surface area contributed by atoms with E-state index in [1.54, 1.807) is 12.0 Å². The molecule has 0 saturated heterocycles. The molecule has 5 heteroatoms. The highest BCUT2D eigenvalue weighted by Gasteiger charge is 2.34. The molecular weight excluding hydrogens is 417 g/mol. The maximum Gasteiger partial charge on any atom is 0.408 e. The van der Waals surface area contributed by atoms with Gasteiger partial charge in [0, 0.05) is 23.3 Å². The first-order valence-electron chi connectivity index (χ1n) is 8.79. The number of amides is 1. The van der Waals surface area contributed by atoms with Crippen molar-refractivity contribution in [2.45, 2.75) is 57.5 Å². The Labute approximate surface area is 158 Å². The van der Waals surface area contributed by atoms with Crippen molar-refractivity contribution in [1.82, 2.24) is 4.90 Å². The fourth-order valence-corrected chi connectivity index (χ4v) is 4.52. The van der Waals surface area contributed by atoms with Crippen molar-refractivity contribution in [2.75, 3.05) is 13.7 Å². The summed E-state index contributed by atoms with van der Waals surface area (Å²) in [6.07, 6.45) is 5.42. The van der Waals surface area contributed by atoms with Crippen LogP contribution in [0, 0.1) is 9.49 Å². The number of hydrogen-bond donors (Lipinski definition) is 1. The summed E-state index contributed by atoms with van der Waals surface area (Å²) < 4.78 is 6.42. The molecule has 1 saturated carbocycles. The van der Waals surface area contributed by atoms with Gasteiger partial charge in [-0.2, -0.15) is 0 Å². The molecule has 1 amide bonds. The number of methoxy groups -OCH3 is 1. The van der Waals surface area contributed by atoms with Crippen LogP contribution >= 0.6 is 22.6 Å². The number of ether oxygens (including phenoxy) is 1. The van der Waals surface area contributed by atoms with Crippen molar-refractivity contribution in [3.63, 3.8) is 0 Å². The number of benzene rings is 1. The van der Waals surface area contributed by atoms with Crippen molar-refractivity contribution >= 4 is 28.7 Å². The quantitative estimate of drug-likeness (QED) is 0.579. The van der Waals surface area contributed by atoms with Gasteiger partial charge in [-0.1, -0.05) is 44.4 Å². The minimum atomic E-state index is -0.795. The molecule has 1 N–H and O–H groups in total. The Morgan fingerprint density at radius 1 is 1.33 bits per heavy atom. The lowest BCUT2D eigenvalue weighted by molar-refractivity contribution is 0.0660. The van der Waals surface area contributed by atoms with E-state index in [1.807, 2.05) is 12.1 Å². The maximum atomic E-state index is 12.2. The molecule has 134 valence electrons. The largest absolute Gasteiger partial charge is 0.465 e. The Hall–Kier alpha value is -0.820. The fourth-order valence-electron chi connectivity index (χ4n) is 3.77. The first-order chi connectivity index (χ1) is 11.5. The van der Waals surface area contributed by atoms with Crippen LogP contribution in [0.4, 0.5) is 4.79 Å². The normalized spacial score (nSPS) is 18.1. The Morgan fingerprint density at radius 3 is 2.58 bits per heavy atom. The molecule has 1 aliphatic carbocycles. The number of halogens is 1. The third-order valence-electron chi connectivity index (χ3n) is 4.87. The first-order valence-corrected chi connectivity index (χ1v) is 9.87. The first kappa shape index (κ1) is 19.5. The molecule has 1 aromatic carbocycles. The van der Waals surface area contributed by atoms with Gasteiger partial charge in [-0.15, -0.1) is 0 Å². The van der Waals surface area contributed by atoms with E-state index in [0.29, 0.717) is 12.5 Å². The van der Waals surface area contributed by atoms with Crippen molar-refractivity contribution in [3.8, 4) is 0 Å². The van der Waals surface area contributed by atoms with E-state index in [2.05, 4.69) is 41.6 Å². The van der Waals surface area contributed by atoms with Crippen molar-refractivity contribution in [3.05, 3.63) is 33.4 Å². The predicted molar refractivity (Wildman–Crippen MR) is 104 cm³/mol. The third kappa shape index (κ3) is 5.09. The number of rotatable bonds is 7. The van der Waals surface area contributed by atoms with Crippen molar-refractivity contribution in [1.29, 1.82) is 0 Å². The smallest absolute Gasteiger partial charge is 0.408 e. The summed E-state index contributed by atoms with van der Waals surface area (Å²) in [6, 6.07) is 8.17. The predicted octanol–water partition coefficient (Wildman–Crippen LogP) is 5.32. The topological polar surface area (TPSA) is 49.8 Å². The van der Waals surface area contributed by atoms with Gasteiger partial charge in [0.25, 0.3) is 0 Å². The minimum Gasteiger partial charge on any atom is -0.465 e. The molecule has 0 bridgehead atoms. The van der Waals surface area contributed by atoms with Crippen LogP contribution in [0.5, 0.6) is 0 Å². The molecule has 0 aromatic heterocycles. The Balaban J connectivity index is 2.34. The summed E-state index contributed by atoms with van der Waals surface area (Å²) in [4.78, 5) is 13.9. The number of nitrogens with zero attached hydrogens (tertiary/aromatic N) is 1. The Bertz CT molecular complexity index is 531. The second kappa shape index (κ2) is 9.61. The summed E-state index contributed by atoms with van der Waals surface area (Å²) in [5.41, 5.74) is 1.12. The Morgan fingerprint density at radius 2 is 2.00 bits per heavy atom. The SMILES string of the molecule is COC[C@@H](C)C[C@@H](c1ccccc1I)N(C(=O)O)C1CCCCC1. The van der Waals surface area contributed by atoms with Crippen molar-refractivity contribution < 1.29 is 14.6 Å². The van der Waals surface area contributed by atoms with Gasteiger partial charge in [-0.3, -0.25) is 4.90 Å². The zero-order chi connectivity index (χ0) is 17.5. The Kier molecular flexibility index (Phi) is 7.81. The lowest BCUT2D eigenvalue weighted by atomic mass is 9.89. The van der Waals surface area contributed by atoms with Gasteiger partial charge in [-0.05, 0) is 59.4 Å². The van der Waals surface area contributed by atoms with Gasteiger partial charge in [0.1, 0.15) is 0 Å². The molecule has 0 spiro atoms. The van der Waals surface area contributed by atoms with E-state index in [-0.39, 0.29) is 12.1 Å². The summed E-state index contributed by atoms with van der Waals surface area (Å²) in [6.45, 7) is 2.78. The van der Waals surface area contributed by atoms with Gasteiger partial charge in [0.05, 0.1) is 6.04 Å². The van der Waals surface area contributed by atoms with Crippen molar-refractivity contribution in [2.24, 2.45) is 5.92 Å². The van der Waals surface area contributed by atoms with Gasteiger partial charge in [0.2, 0.25) is 0 Å². The second-order valence-corrected chi connectivity index (χ2v) is 7.98. The van der Waals surface area contributed by atoms with E-state index in [4.69, 9.17) is 4.74 Å². The monoisotopic (exact) mass is 445 g/mol. The van der Waals surface area contributed by atoms with Gasteiger partial charge in [-0.25, -0.2) is 4.79 Å². The molecule has 24 heavy (non-hydrogen) atoms. The summed E-state index contributed by atoms with van der Waals surface area (Å²) in [5.74, 6) is 0.307. The highest BCUT2D eigenvalue weighted by atomic mass is 127. The van der Waals surface area contributed by atoms with Gasteiger partial charge < -0.3 is 9.84 Å². The van der Waals surface area contributed by atoms with Crippen LogP contribution in [0.2, 0.25) is 0 Å². The second-order valence-electron chi connectivity index (χ2n) is 6.82. The average molecular weight is 445 g/mol.